The van der Waals surface area contributed by atoms with E-state index in [4.69, 9.17) is 9.47 Å². The normalized spacial score (nSPS) is 16.0. The molecule has 0 unspecified atom stereocenters. The second-order valence-corrected chi connectivity index (χ2v) is 6.38. The predicted octanol–water partition coefficient (Wildman–Crippen LogP) is 3.55. The zero-order valence-electron chi connectivity index (χ0n) is 12.5. The van der Waals surface area contributed by atoms with Gasteiger partial charge in [0.1, 0.15) is 0 Å². The molecule has 0 fully saturated rings. The Labute approximate surface area is 138 Å². The van der Waals surface area contributed by atoms with E-state index in [0.29, 0.717) is 18.0 Å². The number of carbonyl (C=O) groups is 1. The smallest absolute Gasteiger partial charge is 0.251 e. The molecular formula is C18H15NO3S. The quantitative estimate of drug-likeness (QED) is 0.793. The molecule has 5 heteroatoms. The van der Waals surface area contributed by atoms with Gasteiger partial charge in [-0.1, -0.05) is 12.6 Å². The molecular weight excluding hydrogens is 310 g/mol. The number of rotatable bonds is 2. The molecule has 0 spiro atoms. The van der Waals surface area contributed by atoms with E-state index in [-0.39, 0.29) is 12.7 Å². The summed E-state index contributed by atoms with van der Waals surface area (Å²) >= 11 is 1.60. The van der Waals surface area contributed by atoms with E-state index < -0.39 is 0 Å². The van der Waals surface area contributed by atoms with Gasteiger partial charge in [-0.05, 0) is 41.6 Å². The molecule has 23 heavy (non-hydrogen) atoms. The van der Waals surface area contributed by atoms with Crippen molar-refractivity contribution < 1.29 is 14.3 Å². The Morgan fingerprint density at radius 3 is 2.91 bits per heavy atom. The van der Waals surface area contributed by atoms with Crippen molar-refractivity contribution in [1.82, 2.24) is 4.90 Å². The number of amides is 1. The molecule has 0 atom stereocenters. The third-order valence-electron chi connectivity index (χ3n) is 4.04. The Bertz CT molecular complexity index is 808. The van der Waals surface area contributed by atoms with Gasteiger partial charge in [0.15, 0.2) is 11.5 Å². The van der Waals surface area contributed by atoms with Crippen molar-refractivity contribution in [1.29, 1.82) is 0 Å². The highest BCUT2D eigenvalue weighted by molar-refractivity contribution is 7.10. The maximum atomic E-state index is 12.5. The summed E-state index contributed by atoms with van der Waals surface area (Å²) in [5, 5.41) is 1.99. The monoisotopic (exact) mass is 325 g/mol. The molecule has 0 saturated heterocycles. The Balaban J connectivity index is 1.58. The van der Waals surface area contributed by atoms with Gasteiger partial charge in [0, 0.05) is 28.8 Å². The Kier molecular flexibility index (Phi) is 3.42. The van der Waals surface area contributed by atoms with Crippen LogP contribution in [0.2, 0.25) is 0 Å². The zero-order valence-corrected chi connectivity index (χ0v) is 13.3. The van der Waals surface area contributed by atoms with Crippen molar-refractivity contribution in [3.05, 3.63) is 58.3 Å². The molecule has 0 saturated carbocycles. The third-order valence-corrected chi connectivity index (χ3v) is 4.88. The lowest BCUT2D eigenvalue weighted by Crippen LogP contribution is -2.33. The Morgan fingerprint density at radius 2 is 2.13 bits per heavy atom. The molecule has 0 aliphatic carbocycles. The maximum Gasteiger partial charge on any atom is 0.251 e. The van der Waals surface area contributed by atoms with E-state index in [9.17, 15) is 4.79 Å². The predicted molar refractivity (Wildman–Crippen MR) is 90.4 cm³/mol. The van der Waals surface area contributed by atoms with Crippen LogP contribution in [0.15, 0.2) is 42.3 Å². The summed E-state index contributed by atoms with van der Waals surface area (Å²) in [5.41, 5.74) is 2.81. The van der Waals surface area contributed by atoms with Crippen LogP contribution in [0.3, 0.4) is 0 Å². The van der Waals surface area contributed by atoms with Crippen molar-refractivity contribution in [2.75, 3.05) is 13.3 Å². The van der Waals surface area contributed by atoms with Crippen LogP contribution in [0.4, 0.5) is 0 Å². The fourth-order valence-electron chi connectivity index (χ4n) is 2.84. The second kappa shape index (κ2) is 5.59. The van der Waals surface area contributed by atoms with E-state index in [1.807, 2.05) is 35.7 Å². The molecule has 0 bridgehead atoms. The standard InChI is InChI=1S/C18H15NO3S/c1-12-15-10-17-16(21-11-22-17)9-13(15)6-7-19(12)18(20)5-4-14-3-2-8-23-14/h2-5,8-10H,1,6-7,11H2. The van der Waals surface area contributed by atoms with E-state index in [0.717, 1.165) is 28.2 Å². The summed E-state index contributed by atoms with van der Waals surface area (Å²) in [5.74, 6) is 1.44. The van der Waals surface area contributed by atoms with Crippen LogP contribution >= 0.6 is 11.3 Å². The number of fused-ring (bicyclic) bond motifs is 2. The molecule has 116 valence electrons. The number of ether oxygens (including phenoxy) is 2. The number of carbonyl (C=O) groups excluding carboxylic acids is 1. The van der Waals surface area contributed by atoms with Crippen LogP contribution < -0.4 is 9.47 Å². The molecule has 3 heterocycles. The van der Waals surface area contributed by atoms with Gasteiger partial charge in [-0.25, -0.2) is 0 Å². The van der Waals surface area contributed by atoms with E-state index in [1.54, 1.807) is 22.3 Å². The average molecular weight is 325 g/mol. The summed E-state index contributed by atoms with van der Waals surface area (Å²) in [4.78, 5) is 15.3. The van der Waals surface area contributed by atoms with Crippen LogP contribution in [-0.2, 0) is 11.2 Å². The summed E-state index contributed by atoms with van der Waals surface area (Å²) in [6, 6.07) is 7.86. The zero-order chi connectivity index (χ0) is 15.8. The minimum absolute atomic E-state index is 0.0493. The fourth-order valence-corrected chi connectivity index (χ4v) is 3.46. The number of hydrogen-bond acceptors (Lipinski definition) is 4. The first kappa shape index (κ1) is 14.1. The lowest BCUT2D eigenvalue weighted by atomic mass is 9.96. The molecule has 4 nitrogen and oxygen atoms in total. The van der Waals surface area contributed by atoms with Crippen molar-refractivity contribution in [2.24, 2.45) is 0 Å². The van der Waals surface area contributed by atoms with Gasteiger partial charge in [-0.3, -0.25) is 4.79 Å². The summed E-state index contributed by atoms with van der Waals surface area (Å²) < 4.78 is 10.8. The Hall–Kier alpha value is -2.53. The highest BCUT2D eigenvalue weighted by Gasteiger charge is 2.26. The molecule has 1 amide bonds. The first-order valence-corrected chi connectivity index (χ1v) is 8.25. The average Bonchev–Trinajstić information content (AvgIpc) is 3.22. The maximum absolute atomic E-state index is 12.5. The highest BCUT2D eigenvalue weighted by Crippen LogP contribution is 2.39. The number of thiophene rings is 1. The molecule has 2 aromatic rings. The lowest BCUT2D eigenvalue weighted by molar-refractivity contribution is -0.123. The van der Waals surface area contributed by atoms with Crippen molar-refractivity contribution >= 4 is 29.0 Å². The van der Waals surface area contributed by atoms with Crippen LogP contribution in [0.1, 0.15) is 16.0 Å². The number of nitrogens with zero attached hydrogens (tertiary/aromatic N) is 1. The van der Waals surface area contributed by atoms with Crippen molar-refractivity contribution in [3.63, 3.8) is 0 Å². The van der Waals surface area contributed by atoms with Gasteiger partial charge in [-0.2, -0.15) is 0 Å². The molecule has 1 aromatic heterocycles. The van der Waals surface area contributed by atoms with Gasteiger partial charge in [0.25, 0.3) is 5.91 Å². The molecule has 0 radical (unpaired) electrons. The minimum Gasteiger partial charge on any atom is -0.454 e. The largest absolute Gasteiger partial charge is 0.454 e. The van der Waals surface area contributed by atoms with E-state index >= 15 is 0 Å². The molecule has 0 N–H and O–H groups in total. The van der Waals surface area contributed by atoms with Crippen molar-refractivity contribution in [3.8, 4) is 11.5 Å². The molecule has 2 aliphatic rings. The Morgan fingerprint density at radius 1 is 1.30 bits per heavy atom. The summed E-state index contributed by atoms with van der Waals surface area (Å²) in [6.45, 7) is 4.98. The fraction of sp³-hybridized carbons (Fsp3) is 0.167. The molecule has 4 rings (SSSR count). The first-order chi connectivity index (χ1) is 11.2. The number of hydrogen-bond donors (Lipinski definition) is 0. The van der Waals surface area contributed by atoms with E-state index in [2.05, 4.69) is 6.58 Å². The van der Waals surface area contributed by atoms with Crippen molar-refractivity contribution in [2.45, 2.75) is 6.42 Å². The third kappa shape index (κ3) is 2.53. The van der Waals surface area contributed by atoms with Gasteiger partial charge >= 0.3 is 0 Å². The minimum atomic E-state index is -0.0493. The van der Waals surface area contributed by atoms with Crippen LogP contribution in [0.25, 0.3) is 11.8 Å². The summed E-state index contributed by atoms with van der Waals surface area (Å²) in [6.07, 6.45) is 4.23. The summed E-state index contributed by atoms with van der Waals surface area (Å²) in [7, 11) is 0. The van der Waals surface area contributed by atoms with Gasteiger partial charge in [0.2, 0.25) is 6.79 Å². The van der Waals surface area contributed by atoms with Gasteiger partial charge in [0.05, 0.1) is 0 Å². The first-order valence-electron chi connectivity index (χ1n) is 7.37. The van der Waals surface area contributed by atoms with Crippen LogP contribution in [0.5, 0.6) is 11.5 Å². The number of benzene rings is 1. The highest BCUT2D eigenvalue weighted by atomic mass is 32.1. The van der Waals surface area contributed by atoms with Crippen LogP contribution in [0, 0.1) is 0 Å². The van der Waals surface area contributed by atoms with Gasteiger partial charge in [-0.15, -0.1) is 11.3 Å². The van der Waals surface area contributed by atoms with Gasteiger partial charge < -0.3 is 14.4 Å². The lowest BCUT2D eigenvalue weighted by Gasteiger charge is -2.30. The SMILES string of the molecule is C=C1c2cc3c(cc2CCN1C(=O)C=Cc1cccs1)OCO3. The van der Waals surface area contributed by atoms with Crippen LogP contribution in [-0.4, -0.2) is 24.1 Å². The molecule has 2 aliphatic heterocycles. The topological polar surface area (TPSA) is 38.8 Å². The second-order valence-electron chi connectivity index (χ2n) is 5.40. The molecule has 1 aromatic carbocycles. The van der Waals surface area contributed by atoms with E-state index in [1.165, 1.54) is 0 Å².